The molecule has 21 heavy (non-hydrogen) atoms. The first kappa shape index (κ1) is 15.6. The lowest BCUT2D eigenvalue weighted by atomic mass is 10.1. The summed E-state index contributed by atoms with van der Waals surface area (Å²) in [5.41, 5.74) is 2.75. The average molecular weight is 293 g/mol. The van der Waals surface area contributed by atoms with Gasteiger partial charge in [-0.3, -0.25) is 4.98 Å². The Labute approximate surface area is 125 Å². The molecule has 0 spiro atoms. The van der Waals surface area contributed by atoms with E-state index in [0.717, 1.165) is 42.0 Å². The fourth-order valence-electron chi connectivity index (χ4n) is 2.49. The van der Waals surface area contributed by atoms with Crippen LogP contribution in [0.1, 0.15) is 29.7 Å². The summed E-state index contributed by atoms with van der Waals surface area (Å²) in [6, 6.07) is -0.203. The van der Waals surface area contributed by atoms with Crippen molar-refractivity contribution in [2.24, 2.45) is 0 Å². The molecule has 1 saturated heterocycles. The van der Waals surface area contributed by atoms with Crippen molar-refractivity contribution >= 4 is 6.03 Å². The minimum atomic E-state index is -0.203. The van der Waals surface area contributed by atoms with Gasteiger partial charge in [-0.05, 0) is 26.7 Å². The molecule has 0 unspecified atom stereocenters. The molecule has 1 aromatic rings. The van der Waals surface area contributed by atoms with E-state index in [1.54, 1.807) is 13.3 Å². The van der Waals surface area contributed by atoms with Gasteiger partial charge >= 0.3 is 6.03 Å². The lowest BCUT2D eigenvalue weighted by Crippen LogP contribution is -2.39. The van der Waals surface area contributed by atoms with Gasteiger partial charge in [0.15, 0.2) is 0 Å². The second kappa shape index (κ2) is 7.26. The highest BCUT2D eigenvalue weighted by atomic mass is 16.5. The average Bonchev–Trinajstić information content (AvgIpc) is 2.98. The number of nitrogens with zero attached hydrogens (tertiary/aromatic N) is 1. The summed E-state index contributed by atoms with van der Waals surface area (Å²) in [7, 11) is 1.64. The van der Waals surface area contributed by atoms with Crippen LogP contribution in [0.5, 0.6) is 5.75 Å². The second-order valence-electron chi connectivity index (χ2n) is 5.24. The standard InChI is InChI=1S/C15H23N3O3/c1-10-7-16-13(11(2)14(10)20-3)9-18-15(19)17-8-12-5-4-6-21-12/h7,12H,4-6,8-9H2,1-3H3,(H2,17,18,19)/t12-/m0/s1. The molecule has 2 rings (SSSR count). The first-order chi connectivity index (χ1) is 10.1. The van der Waals surface area contributed by atoms with Crippen LogP contribution in [0.25, 0.3) is 0 Å². The van der Waals surface area contributed by atoms with Crippen LogP contribution in [0.3, 0.4) is 0 Å². The third-order valence-electron chi connectivity index (χ3n) is 3.68. The molecule has 1 aliphatic heterocycles. The molecular formula is C15H23N3O3. The SMILES string of the molecule is COc1c(C)cnc(CNC(=O)NC[C@@H]2CCCO2)c1C. The van der Waals surface area contributed by atoms with E-state index in [1.165, 1.54) is 0 Å². The predicted molar refractivity (Wildman–Crippen MR) is 79.5 cm³/mol. The minimum absolute atomic E-state index is 0.148. The van der Waals surface area contributed by atoms with Gasteiger partial charge in [0.25, 0.3) is 0 Å². The summed E-state index contributed by atoms with van der Waals surface area (Å²) in [5.74, 6) is 0.821. The third kappa shape index (κ3) is 4.07. The largest absolute Gasteiger partial charge is 0.496 e. The van der Waals surface area contributed by atoms with E-state index in [-0.39, 0.29) is 12.1 Å². The van der Waals surface area contributed by atoms with Gasteiger partial charge < -0.3 is 20.1 Å². The number of methoxy groups -OCH3 is 1. The Kier molecular flexibility index (Phi) is 5.38. The molecule has 0 radical (unpaired) electrons. The van der Waals surface area contributed by atoms with E-state index in [4.69, 9.17) is 9.47 Å². The highest BCUT2D eigenvalue weighted by Crippen LogP contribution is 2.23. The quantitative estimate of drug-likeness (QED) is 0.866. The molecule has 1 aliphatic rings. The topological polar surface area (TPSA) is 72.5 Å². The zero-order valence-corrected chi connectivity index (χ0v) is 12.9. The van der Waals surface area contributed by atoms with Crippen molar-refractivity contribution in [2.75, 3.05) is 20.3 Å². The lowest BCUT2D eigenvalue weighted by molar-refractivity contribution is 0.111. The van der Waals surface area contributed by atoms with Crippen molar-refractivity contribution in [3.05, 3.63) is 23.0 Å². The molecule has 1 atom stereocenters. The monoisotopic (exact) mass is 293 g/mol. The van der Waals surface area contributed by atoms with Crippen molar-refractivity contribution < 1.29 is 14.3 Å². The van der Waals surface area contributed by atoms with Gasteiger partial charge in [-0.25, -0.2) is 4.79 Å². The van der Waals surface area contributed by atoms with E-state index < -0.39 is 0 Å². The van der Waals surface area contributed by atoms with E-state index in [2.05, 4.69) is 15.6 Å². The molecule has 6 nitrogen and oxygen atoms in total. The highest BCUT2D eigenvalue weighted by Gasteiger charge is 2.16. The summed E-state index contributed by atoms with van der Waals surface area (Å²) in [5, 5.41) is 5.63. The molecule has 2 heterocycles. The van der Waals surface area contributed by atoms with Gasteiger partial charge in [-0.15, -0.1) is 0 Å². The summed E-state index contributed by atoms with van der Waals surface area (Å²) in [6.45, 7) is 5.61. The molecule has 0 bridgehead atoms. The molecule has 2 amide bonds. The zero-order valence-electron chi connectivity index (χ0n) is 12.9. The Balaban J connectivity index is 1.83. The van der Waals surface area contributed by atoms with Crippen molar-refractivity contribution in [3.63, 3.8) is 0 Å². The van der Waals surface area contributed by atoms with Gasteiger partial charge in [0, 0.05) is 30.5 Å². The summed E-state index contributed by atoms with van der Waals surface area (Å²) in [4.78, 5) is 16.1. The maximum atomic E-state index is 11.8. The van der Waals surface area contributed by atoms with Crippen LogP contribution < -0.4 is 15.4 Å². The Morgan fingerprint density at radius 1 is 1.48 bits per heavy atom. The number of hydrogen-bond donors (Lipinski definition) is 2. The van der Waals surface area contributed by atoms with E-state index >= 15 is 0 Å². The number of aromatic nitrogens is 1. The number of urea groups is 1. The van der Waals surface area contributed by atoms with Gasteiger partial charge in [-0.1, -0.05) is 0 Å². The summed E-state index contributed by atoms with van der Waals surface area (Å²) < 4.78 is 10.8. The fraction of sp³-hybridized carbons (Fsp3) is 0.600. The Bertz CT molecular complexity index is 499. The number of pyridine rings is 1. The van der Waals surface area contributed by atoms with Crippen LogP contribution in [-0.4, -0.2) is 37.4 Å². The fourth-order valence-corrected chi connectivity index (χ4v) is 2.49. The van der Waals surface area contributed by atoms with Crippen LogP contribution >= 0.6 is 0 Å². The van der Waals surface area contributed by atoms with Crippen LogP contribution in [0, 0.1) is 13.8 Å². The maximum absolute atomic E-state index is 11.8. The minimum Gasteiger partial charge on any atom is -0.496 e. The van der Waals surface area contributed by atoms with Gasteiger partial charge in [0.05, 0.1) is 25.5 Å². The second-order valence-corrected chi connectivity index (χ2v) is 5.24. The number of hydrogen-bond acceptors (Lipinski definition) is 4. The summed E-state index contributed by atoms with van der Waals surface area (Å²) >= 11 is 0. The first-order valence-corrected chi connectivity index (χ1v) is 7.24. The number of rotatable bonds is 5. The number of aryl methyl sites for hydroxylation is 1. The van der Waals surface area contributed by atoms with Gasteiger partial charge in [0.1, 0.15) is 5.75 Å². The zero-order chi connectivity index (χ0) is 15.2. The van der Waals surface area contributed by atoms with Gasteiger partial charge in [-0.2, -0.15) is 0 Å². The molecule has 1 aromatic heterocycles. The Morgan fingerprint density at radius 3 is 2.95 bits per heavy atom. The molecule has 1 fully saturated rings. The number of carbonyl (C=O) groups excluding carboxylic acids is 1. The summed E-state index contributed by atoms with van der Waals surface area (Å²) in [6.07, 6.45) is 3.98. The van der Waals surface area contributed by atoms with Crippen molar-refractivity contribution in [1.82, 2.24) is 15.6 Å². The van der Waals surface area contributed by atoms with Crippen LogP contribution in [0.2, 0.25) is 0 Å². The van der Waals surface area contributed by atoms with Crippen LogP contribution in [0.4, 0.5) is 4.79 Å². The lowest BCUT2D eigenvalue weighted by Gasteiger charge is -2.14. The number of amides is 2. The molecule has 116 valence electrons. The molecule has 2 N–H and O–H groups in total. The smallest absolute Gasteiger partial charge is 0.315 e. The maximum Gasteiger partial charge on any atom is 0.315 e. The molecule has 6 heteroatoms. The predicted octanol–water partition coefficient (Wildman–Crippen LogP) is 1.69. The van der Waals surface area contributed by atoms with Gasteiger partial charge in [0.2, 0.25) is 0 Å². The normalized spacial score (nSPS) is 17.6. The molecular weight excluding hydrogens is 270 g/mol. The third-order valence-corrected chi connectivity index (χ3v) is 3.68. The van der Waals surface area contributed by atoms with Crippen LogP contribution in [-0.2, 0) is 11.3 Å². The van der Waals surface area contributed by atoms with Crippen molar-refractivity contribution in [2.45, 2.75) is 39.3 Å². The van der Waals surface area contributed by atoms with E-state index in [0.29, 0.717) is 13.1 Å². The number of carbonyl (C=O) groups is 1. The Hall–Kier alpha value is -1.82. The van der Waals surface area contributed by atoms with E-state index in [1.807, 2.05) is 13.8 Å². The van der Waals surface area contributed by atoms with Crippen LogP contribution in [0.15, 0.2) is 6.20 Å². The molecule has 0 aromatic carbocycles. The molecule has 0 aliphatic carbocycles. The first-order valence-electron chi connectivity index (χ1n) is 7.24. The number of ether oxygens (including phenoxy) is 2. The number of nitrogens with one attached hydrogen (secondary N) is 2. The molecule has 0 saturated carbocycles. The van der Waals surface area contributed by atoms with E-state index in [9.17, 15) is 4.79 Å². The highest BCUT2D eigenvalue weighted by molar-refractivity contribution is 5.73. The Morgan fingerprint density at radius 2 is 2.29 bits per heavy atom. The van der Waals surface area contributed by atoms with Crippen molar-refractivity contribution in [3.8, 4) is 5.75 Å². The van der Waals surface area contributed by atoms with Crippen molar-refractivity contribution in [1.29, 1.82) is 0 Å².